The molecule has 0 aromatic carbocycles. The largest absolute Gasteiger partial charge is 0.347 e. The highest BCUT2D eigenvalue weighted by molar-refractivity contribution is 7.96. The Morgan fingerprint density at radius 3 is 1.86 bits per heavy atom. The monoisotopic (exact) mass is 710 g/mol. The molecule has 3 unspecified atom stereocenters. The van der Waals surface area contributed by atoms with Crippen LogP contribution in [0.3, 0.4) is 0 Å². The van der Waals surface area contributed by atoms with Gasteiger partial charge < -0.3 is 26.2 Å². The van der Waals surface area contributed by atoms with Crippen molar-refractivity contribution in [3.05, 3.63) is 0 Å². The van der Waals surface area contributed by atoms with Gasteiger partial charge in [0.25, 0.3) is 5.91 Å². The van der Waals surface area contributed by atoms with Crippen LogP contribution in [0, 0.1) is 11.3 Å². The van der Waals surface area contributed by atoms with E-state index in [-0.39, 0.29) is 31.0 Å². The summed E-state index contributed by atoms with van der Waals surface area (Å²) < 4.78 is 2.79. The van der Waals surface area contributed by atoms with Crippen molar-refractivity contribution in [2.24, 2.45) is 11.3 Å². The van der Waals surface area contributed by atoms with Gasteiger partial charge in [0.2, 0.25) is 29.4 Å². The number of ketones is 1. The zero-order chi connectivity index (χ0) is 37.0. The van der Waals surface area contributed by atoms with E-state index in [1.807, 2.05) is 34.6 Å². The fourth-order valence-electron chi connectivity index (χ4n) is 5.81. The summed E-state index contributed by atoms with van der Waals surface area (Å²) in [5.74, 6) is -3.27. The molecule has 0 aromatic heterocycles. The van der Waals surface area contributed by atoms with Crippen LogP contribution in [0.1, 0.15) is 132 Å². The molecule has 1 heterocycles. The van der Waals surface area contributed by atoms with Crippen molar-refractivity contribution in [1.29, 1.82) is 0 Å². The zero-order valence-electron chi connectivity index (χ0n) is 31.5. The Morgan fingerprint density at radius 1 is 0.816 bits per heavy atom. The SMILES string of the molecule is C1CCCCC1.CCC.CCCC(NC(=O)C1[C@@H](CC)CCN1C(=O)C(NC(=O)CNC(=O)CNSC)C(C)(C)C)C(=O)C(=O)NC1CC1. The standard InChI is InChI=1S/C27H46N6O6S.C6H12.C3H8/c1-7-9-18(22(36)25(38)30-17-10-11-17)31-24(37)21-16(8-2)12-13-33(21)26(39)23(27(3,4)5)32-20(35)14-28-19(34)15-29-40-6;1-2-4-6-5-3-1;1-3-2/h16-18,21,23,29H,7-15H2,1-6H3,(H,28,34)(H,30,38)(H,31,37)(H,32,35);1-6H2;3H2,1-2H3/t16-,18?,21?,23?;;/m0../s1. The lowest BCUT2D eigenvalue weighted by Gasteiger charge is -2.36. The highest BCUT2D eigenvalue weighted by atomic mass is 32.2. The molecule has 3 rings (SSSR count). The predicted octanol–water partition coefficient (Wildman–Crippen LogP) is 4.02. The van der Waals surface area contributed by atoms with E-state index < -0.39 is 53.0 Å². The number of nitrogens with zero attached hydrogens (tertiary/aromatic N) is 1. The molecule has 1 saturated heterocycles. The van der Waals surface area contributed by atoms with Gasteiger partial charge in [-0.15, -0.1) is 0 Å². The molecule has 1 aliphatic heterocycles. The quantitative estimate of drug-likeness (QED) is 0.126. The van der Waals surface area contributed by atoms with Gasteiger partial charge >= 0.3 is 0 Å². The van der Waals surface area contributed by atoms with E-state index in [0.29, 0.717) is 32.2 Å². The maximum Gasteiger partial charge on any atom is 0.289 e. The van der Waals surface area contributed by atoms with Crippen LogP contribution in [0.2, 0.25) is 0 Å². The van der Waals surface area contributed by atoms with Crippen molar-refractivity contribution in [2.75, 3.05) is 25.9 Å². The van der Waals surface area contributed by atoms with Gasteiger partial charge in [-0.2, -0.15) is 0 Å². The average molecular weight is 711 g/mol. The molecule has 49 heavy (non-hydrogen) atoms. The van der Waals surface area contributed by atoms with Gasteiger partial charge in [-0.05, 0) is 43.3 Å². The molecule has 5 N–H and O–H groups in total. The molecule has 12 nitrogen and oxygen atoms in total. The van der Waals surface area contributed by atoms with Crippen molar-refractivity contribution >= 4 is 47.3 Å². The fourth-order valence-corrected chi connectivity index (χ4v) is 6.09. The van der Waals surface area contributed by atoms with Crippen molar-refractivity contribution in [1.82, 2.24) is 30.9 Å². The van der Waals surface area contributed by atoms with Crippen molar-refractivity contribution in [3.63, 3.8) is 0 Å². The first-order valence-corrected chi connectivity index (χ1v) is 19.7. The van der Waals surface area contributed by atoms with Crippen LogP contribution in [0.5, 0.6) is 0 Å². The minimum atomic E-state index is -0.978. The van der Waals surface area contributed by atoms with E-state index >= 15 is 0 Å². The van der Waals surface area contributed by atoms with E-state index in [2.05, 4.69) is 39.8 Å². The van der Waals surface area contributed by atoms with Crippen LogP contribution in [0.4, 0.5) is 0 Å². The number of Topliss-reactive ketones (excluding diaryl/α,β-unsaturated/α-hetero) is 1. The van der Waals surface area contributed by atoms with Crippen LogP contribution in [0.25, 0.3) is 0 Å². The lowest BCUT2D eigenvalue weighted by Crippen LogP contribution is -2.60. The van der Waals surface area contributed by atoms with Crippen LogP contribution >= 0.6 is 11.9 Å². The Hall–Kier alpha value is -2.67. The first kappa shape index (κ1) is 44.4. The van der Waals surface area contributed by atoms with Crippen LogP contribution in [-0.4, -0.2) is 90.3 Å². The lowest BCUT2D eigenvalue weighted by atomic mass is 9.85. The predicted molar refractivity (Wildman–Crippen MR) is 196 cm³/mol. The molecule has 0 bridgehead atoms. The molecule has 0 radical (unpaired) electrons. The summed E-state index contributed by atoms with van der Waals surface area (Å²) in [6.07, 6.45) is 15.8. The van der Waals surface area contributed by atoms with E-state index in [0.717, 1.165) is 12.8 Å². The number of hydrogen-bond acceptors (Lipinski definition) is 8. The zero-order valence-corrected chi connectivity index (χ0v) is 32.3. The average Bonchev–Trinajstić information content (AvgIpc) is 3.78. The fraction of sp³-hybridized carbons (Fsp3) is 0.833. The number of hydrogen-bond donors (Lipinski definition) is 5. The summed E-state index contributed by atoms with van der Waals surface area (Å²) in [5.41, 5.74) is -0.690. The molecule has 0 aromatic rings. The van der Waals surface area contributed by atoms with Crippen molar-refractivity contribution in [3.8, 4) is 0 Å². The van der Waals surface area contributed by atoms with Gasteiger partial charge in [0.1, 0.15) is 12.1 Å². The summed E-state index contributed by atoms with van der Waals surface area (Å²) in [6.45, 7) is 13.6. The van der Waals surface area contributed by atoms with Gasteiger partial charge in [-0.3, -0.25) is 33.5 Å². The van der Waals surface area contributed by atoms with E-state index in [4.69, 9.17) is 0 Å². The number of likely N-dealkylation sites (tertiary alicyclic amines) is 1. The number of carbonyl (C=O) groups excluding carboxylic acids is 6. The highest BCUT2D eigenvalue weighted by Crippen LogP contribution is 2.31. The Labute approximate surface area is 299 Å². The maximum atomic E-state index is 13.9. The molecule has 0 spiro atoms. The molecule has 4 atom stereocenters. The van der Waals surface area contributed by atoms with E-state index in [9.17, 15) is 28.8 Å². The lowest BCUT2D eigenvalue weighted by molar-refractivity contribution is -0.145. The normalized spacial score (nSPS) is 19.9. The number of nitrogens with one attached hydrogen (secondary N) is 5. The van der Waals surface area contributed by atoms with Gasteiger partial charge in [-0.1, -0.05) is 118 Å². The Bertz CT molecular complexity index is 1050. The van der Waals surface area contributed by atoms with Crippen LogP contribution in [-0.2, 0) is 28.8 Å². The summed E-state index contributed by atoms with van der Waals surface area (Å²) in [5, 5.41) is 10.7. The molecule has 282 valence electrons. The minimum Gasteiger partial charge on any atom is -0.347 e. The Kier molecular flexibility index (Phi) is 21.4. The second-order valence-corrected chi connectivity index (χ2v) is 15.1. The van der Waals surface area contributed by atoms with Gasteiger partial charge in [0, 0.05) is 12.6 Å². The van der Waals surface area contributed by atoms with E-state index in [1.165, 1.54) is 61.8 Å². The molecule has 2 aliphatic carbocycles. The molecule has 13 heteroatoms. The van der Waals surface area contributed by atoms with E-state index in [1.54, 1.807) is 6.26 Å². The number of amides is 5. The van der Waals surface area contributed by atoms with Gasteiger partial charge in [-0.25, -0.2) is 0 Å². The number of carbonyl (C=O) groups is 6. The van der Waals surface area contributed by atoms with Gasteiger partial charge in [0.15, 0.2) is 0 Å². The summed E-state index contributed by atoms with van der Waals surface area (Å²) in [6, 6.07) is -2.75. The second-order valence-electron chi connectivity index (χ2n) is 14.4. The van der Waals surface area contributed by atoms with Crippen molar-refractivity contribution in [2.45, 2.75) is 156 Å². The van der Waals surface area contributed by atoms with Gasteiger partial charge in [0.05, 0.1) is 19.1 Å². The molecule has 3 fully saturated rings. The number of rotatable bonds is 15. The maximum absolute atomic E-state index is 13.9. The third-order valence-electron chi connectivity index (χ3n) is 8.69. The molecule has 5 amide bonds. The van der Waals surface area contributed by atoms with Crippen molar-refractivity contribution < 1.29 is 28.8 Å². The minimum absolute atomic E-state index is 0.0201. The molecular weight excluding hydrogens is 644 g/mol. The topological polar surface area (TPSA) is 166 Å². The summed E-state index contributed by atoms with van der Waals surface area (Å²) in [4.78, 5) is 78.8. The molecular formula is C36H66N6O6S. The van der Waals surface area contributed by atoms with Crippen LogP contribution in [0.15, 0.2) is 0 Å². The Morgan fingerprint density at radius 2 is 1.39 bits per heavy atom. The smallest absolute Gasteiger partial charge is 0.289 e. The second kappa shape index (κ2) is 23.7. The Balaban J connectivity index is 0.00000116. The molecule has 2 saturated carbocycles. The first-order chi connectivity index (χ1) is 23.2. The van der Waals surface area contributed by atoms with Crippen LogP contribution < -0.4 is 26.0 Å². The third kappa shape index (κ3) is 16.7. The third-order valence-corrected chi connectivity index (χ3v) is 9.12. The summed E-state index contributed by atoms with van der Waals surface area (Å²) >= 11 is 1.28. The first-order valence-electron chi connectivity index (χ1n) is 18.5. The molecule has 3 aliphatic rings. The summed E-state index contributed by atoms with van der Waals surface area (Å²) in [7, 11) is 0. The highest BCUT2D eigenvalue weighted by Gasteiger charge is 2.46.